The Labute approximate surface area is 181 Å². The third-order valence-corrected chi connectivity index (χ3v) is 5.60. The van der Waals surface area contributed by atoms with Gasteiger partial charge in [-0.25, -0.2) is 4.79 Å². The third kappa shape index (κ3) is 4.17. The lowest BCUT2D eigenvalue weighted by molar-refractivity contribution is 0.0601. The first-order valence-corrected chi connectivity index (χ1v) is 10.1. The summed E-state index contributed by atoms with van der Waals surface area (Å²) in [7, 11) is 1.39. The van der Waals surface area contributed by atoms with Crippen LogP contribution in [0.1, 0.15) is 38.3 Å². The number of aryl methyl sites for hydroxylation is 1. The summed E-state index contributed by atoms with van der Waals surface area (Å²) in [4.78, 5) is 15.3. The molecule has 0 fully saturated rings. The Bertz CT molecular complexity index is 1240. The molecule has 150 valence electrons. The van der Waals surface area contributed by atoms with Crippen molar-refractivity contribution in [3.05, 3.63) is 105 Å². The number of aromatic nitrogens is 1. The molecule has 4 rings (SSSR count). The van der Waals surface area contributed by atoms with Crippen molar-refractivity contribution in [1.29, 1.82) is 0 Å². The van der Waals surface area contributed by atoms with E-state index in [1.165, 1.54) is 7.11 Å². The number of nitrogens with one attached hydrogen (secondary N) is 1. The molecule has 0 aliphatic heterocycles. The molecule has 0 spiro atoms. The van der Waals surface area contributed by atoms with E-state index in [9.17, 15) is 4.79 Å². The van der Waals surface area contributed by atoms with Crippen LogP contribution >= 0.6 is 11.6 Å². The first kappa shape index (κ1) is 20.0. The minimum absolute atomic E-state index is 0.339. The molecule has 4 heteroatoms. The first-order chi connectivity index (χ1) is 14.5. The van der Waals surface area contributed by atoms with Gasteiger partial charge in [0.05, 0.1) is 12.7 Å². The average Bonchev–Trinajstić information content (AvgIpc) is 3.08. The molecule has 30 heavy (non-hydrogen) atoms. The maximum atomic E-state index is 11.9. The molecular weight excluding hydrogens is 394 g/mol. The molecule has 3 aromatic carbocycles. The standard InChI is InChI=1S/C26H22ClNO2/c1-17-22(23-16-21(26(29)30-2)12-13-25(23)28-17)15-20-11-10-19(14-24(20)27)9-8-18-6-4-3-5-7-18/h3-14,16,28H,15H2,1-2H3. The van der Waals surface area contributed by atoms with Crippen molar-refractivity contribution in [2.45, 2.75) is 13.3 Å². The van der Waals surface area contributed by atoms with Crippen LogP contribution in [0.25, 0.3) is 23.1 Å². The first-order valence-electron chi connectivity index (χ1n) is 9.76. The van der Waals surface area contributed by atoms with Gasteiger partial charge in [0.1, 0.15) is 0 Å². The van der Waals surface area contributed by atoms with Gasteiger partial charge in [0.15, 0.2) is 0 Å². The molecule has 0 saturated carbocycles. The van der Waals surface area contributed by atoms with Gasteiger partial charge in [0.2, 0.25) is 0 Å². The molecular formula is C26H22ClNO2. The maximum absolute atomic E-state index is 11.9. The second kappa shape index (κ2) is 8.60. The quantitative estimate of drug-likeness (QED) is 0.292. The van der Waals surface area contributed by atoms with E-state index in [2.05, 4.69) is 41.4 Å². The highest BCUT2D eigenvalue weighted by Gasteiger charge is 2.14. The Balaban J connectivity index is 1.62. The summed E-state index contributed by atoms with van der Waals surface area (Å²) in [5.41, 5.74) is 6.97. The monoisotopic (exact) mass is 415 g/mol. The van der Waals surface area contributed by atoms with Crippen LogP contribution in [-0.4, -0.2) is 18.1 Å². The van der Waals surface area contributed by atoms with E-state index in [1.807, 2.05) is 43.3 Å². The molecule has 0 radical (unpaired) electrons. The number of halogens is 1. The number of hydrogen-bond acceptors (Lipinski definition) is 2. The van der Waals surface area contributed by atoms with E-state index >= 15 is 0 Å². The molecule has 0 aliphatic rings. The summed E-state index contributed by atoms with van der Waals surface area (Å²) in [6.45, 7) is 2.04. The summed E-state index contributed by atoms with van der Waals surface area (Å²) in [5.74, 6) is -0.339. The molecule has 1 heterocycles. The lowest BCUT2D eigenvalue weighted by Gasteiger charge is -2.07. The van der Waals surface area contributed by atoms with Crippen molar-refractivity contribution in [2.75, 3.05) is 7.11 Å². The molecule has 4 aromatic rings. The smallest absolute Gasteiger partial charge is 0.337 e. The van der Waals surface area contributed by atoms with E-state index in [1.54, 1.807) is 6.07 Å². The van der Waals surface area contributed by atoms with Gasteiger partial charge in [-0.05, 0) is 53.4 Å². The van der Waals surface area contributed by atoms with Crippen molar-refractivity contribution < 1.29 is 9.53 Å². The summed E-state index contributed by atoms with van der Waals surface area (Å²) in [6.07, 6.45) is 4.81. The topological polar surface area (TPSA) is 42.1 Å². The predicted octanol–water partition coefficient (Wildman–Crippen LogP) is 6.68. The molecule has 0 aliphatic carbocycles. The Morgan fingerprint density at radius 3 is 2.50 bits per heavy atom. The molecule has 1 aromatic heterocycles. The molecule has 1 N–H and O–H groups in total. The number of fused-ring (bicyclic) bond motifs is 1. The van der Waals surface area contributed by atoms with Gasteiger partial charge >= 0.3 is 5.97 Å². The second-order valence-electron chi connectivity index (χ2n) is 7.25. The average molecular weight is 416 g/mol. The van der Waals surface area contributed by atoms with Gasteiger partial charge < -0.3 is 9.72 Å². The van der Waals surface area contributed by atoms with Gasteiger partial charge in [0.25, 0.3) is 0 Å². The van der Waals surface area contributed by atoms with E-state index < -0.39 is 0 Å². The van der Waals surface area contributed by atoms with Crippen LogP contribution in [0.15, 0.2) is 66.7 Å². The summed E-state index contributed by atoms with van der Waals surface area (Å²) >= 11 is 6.62. The summed E-state index contributed by atoms with van der Waals surface area (Å²) in [5, 5.41) is 1.74. The summed E-state index contributed by atoms with van der Waals surface area (Å²) < 4.78 is 4.86. The Kier molecular flexibility index (Phi) is 5.73. The molecule has 0 bridgehead atoms. The van der Waals surface area contributed by atoms with Crippen LogP contribution in [0.2, 0.25) is 5.02 Å². The second-order valence-corrected chi connectivity index (χ2v) is 7.66. The van der Waals surface area contributed by atoms with Crippen LogP contribution in [0, 0.1) is 6.92 Å². The van der Waals surface area contributed by atoms with Crippen LogP contribution in [0.5, 0.6) is 0 Å². The van der Waals surface area contributed by atoms with Crippen molar-refractivity contribution in [1.82, 2.24) is 4.98 Å². The number of hydrogen-bond donors (Lipinski definition) is 1. The lowest BCUT2D eigenvalue weighted by Crippen LogP contribution is -2.00. The highest BCUT2D eigenvalue weighted by Crippen LogP contribution is 2.29. The number of H-pyrrole nitrogens is 1. The van der Waals surface area contributed by atoms with Crippen molar-refractivity contribution >= 4 is 40.6 Å². The van der Waals surface area contributed by atoms with Crippen LogP contribution in [0.3, 0.4) is 0 Å². The SMILES string of the molecule is COC(=O)c1ccc2[nH]c(C)c(Cc3ccc(C=Cc4ccccc4)cc3Cl)c2c1. The Morgan fingerprint density at radius 1 is 1.00 bits per heavy atom. The number of carbonyl (C=O) groups excluding carboxylic acids is 1. The minimum Gasteiger partial charge on any atom is -0.465 e. The predicted molar refractivity (Wildman–Crippen MR) is 124 cm³/mol. The van der Waals surface area contributed by atoms with Gasteiger partial charge in [-0.1, -0.05) is 66.2 Å². The fourth-order valence-electron chi connectivity index (χ4n) is 3.61. The normalized spacial score (nSPS) is 11.3. The minimum atomic E-state index is -0.339. The Morgan fingerprint density at radius 2 is 1.77 bits per heavy atom. The lowest BCUT2D eigenvalue weighted by atomic mass is 9.99. The largest absolute Gasteiger partial charge is 0.465 e. The number of rotatable bonds is 5. The van der Waals surface area contributed by atoms with Crippen molar-refractivity contribution in [3.63, 3.8) is 0 Å². The molecule has 3 nitrogen and oxygen atoms in total. The molecule has 0 atom stereocenters. The molecule has 0 unspecified atom stereocenters. The van der Waals surface area contributed by atoms with E-state index in [0.29, 0.717) is 12.0 Å². The van der Waals surface area contributed by atoms with E-state index in [0.717, 1.165) is 43.9 Å². The van der Waals surface area contributed by atoms with E-state index in [-0.39, 0.29) is 5.97 Å². The maximum Gasteiger partial charge on any atom is 0.337 e. The highest BCUT2D eigenvalue weighted by molar-refractivity contribution is 6.31. The summed E-state index contributed by atoms with van der Waals surface area (Å²) in [6, 6.07) is 21.9. The molecule has 0 amide bonds. The number of carbonyl (C=O) groups is 1. The highest BCUT2D eigenvalue weighted by atomic mass is 35.5. The van der Waals surface area contributed by atoms with Crippen molar-refractivity contribution in [3.8, 4) is 0 Å². The van der Waals surface area contributed by atoms with Crippen LogP contribution < -0.4 is 0 Å². The van der Waals surface area contributed by atoms with E-state index in [4.69, 9.17) is 16.3 Å². The van der Waals surface area contributed by atoms with Crippen LogP contribution in [-0.2, 0) is 11.2 Å². The third-order valence-electron chi connectivity index (χ3n) is 5.25. The van der Waals surface area contributed by atoms with Crippen molar-refractivity contribution in [2.24, 2.45) is 0 Å². The van der Waals surface area contributed by atoms with Gasteiger partial charge in [0, 0.05) is 28.0 Å². The zero-order chi connectivity index (χ0) is 21.1. The van der Waals surface area contributed by atoms with Gasteiger partial charge in [-0.15, -0.1) is 0 Å². The zero-order valence-corrected chi connectivity index (χ0v) is 17.7. The number of esters is 1. The fraction of sp³-hybridized carbons (Fsp3) is 0.115. The Hall–Kier alpha value is -3.30. The number of benzene rings is 3. The number of ether oxygens (including phenoxy) is 1. The number of methoxy groups -OCH3 is 1. The molecule has 0 saturated heterocycles. The van der Waals surface area contributed by atoms with Crippen LogP contribution in [0.4, 0.5) is 0 Å². The van der Waals surface area contributed by atoms with Gasteiger partial charge in [-0.2, -0.15) is 0 Å². The van der Waals surface area contributed by atoms with Gasteiger partial charge in [-0.3, -0.25) is 0 Å². The number of aromatic amines is 1. The fourth-order valence-corrected chi connectivity index (χ4v) is 3.87. The zero-order valence-electron chi connectivity index (χ0n) is 16.9.